The molecule has 4 aromatic rings. The number of aromatic nitrogens is 2. The van der Waals surface area contributed by atoms with Crippen molar-refractivity contribution in [3.63, 3.8) is 0 Å². The van der Waals surface area contributed by atoms with Gasteiger partial charge in [0, 0.05) is 20.7 Å². The predicted octanol–water partition coefficient (Wildman–Crippen LogP) is 6.14. The zero-order valence-electron chi connectivity index (χ0n) is 16.5. The minimum Gasteiger partial charge on any atom is -0.267 e. The third-order valence-electron chi connectivity index (χ3n) is 4.53. The van der Waals surface area contributed by atoms with Crippen LogP contribution in [-0.4, -0.2) is 15.9 Å². The molecule has 0 spiro atoms. The van der Waals surface area contributed by atoms with Crippen molar-refractivity contribution in [2.75, 3.05) is 0 Å². The molecule has 0 unspecified atom stereocenters. The Balaban J connectivity index is 1.63. The third kappa shape index (κ3) is 4.71. The predicted molar refractivity (Wildman–Crippen MR) is 128 cm³/mol. The fourth-order valence-corrected chi connectivity index (χ4v) is 4.27. The van der Waals surface area contributed by atoms with Crippen LogP contribution in [0.5, 0.6) is 0 Å². The minimum atomic E-state index is -0.155. The van der Waals surface area contributed by atoms with E-state index < -0.39 is 0 Å². The van der Waals surface area contributed by atoms with Gasteiger partial charge in [-0.05, 0) is 54.4 Å². The summed E-state index contributed by atoms with van der Waals surface area (Å²) in [4.78, 5) is 20.1. The molecule has 4 rings (SSSR count). The van der Waals surface area contributed by atoms with Crippen molar-refractivity contribution in [1.82, 2.24) is 9.66 Å². The molecule has 0 fully saturated rings. The molecule has 0 amide bonds. The largest absolute Gasteiger partial charge is 0.282 e. The Bertz CT molecular complexity index is 1250. The lowest BCUT2D eigenvalue weighted by atomic mass is 10.2. The highest BCUT2D eigenvalue weighted by molar-refractivity contribution is 9.10. The van der Waals surface area contributed by atoms with Gasteiger partial charge in [-0.1, -0.05) is 64.9 Å². The lowest BCUT2D eigenvalue weighted by Crippen LogP contribution is -2.22. The summed E-state index contributed by atoms with van der Waals surface area (Å²) in [6, 6.07) is 23.9. The van der Waals surface area contributed by atoms with E-state index in [1.165, 1.54) is 9.57 Å². The van der Waals surface area contributed by atoms with Crippen LogP contribution in [0.1, 0.15) is 24.7 Å². The zero-order valence-corrected chi connectivity index (χ0v) is 18.9. The topological polar surface area (TPSA) is 47.2 Å². The molecule has 0 N–H and O–H groups in total. The first-order chi connectivity index (χ1) is 14.6. The van der Waals surface area contributed by atoms with Gasteiger partial charge in [0.25, 0.3) is 5.56 Å². The molecule has 0 saturated heterocycles. The molecular formula is C24H20BrN3OS. The summed E-state index contributed by atoms with van der Waals surface area (Å²) in [7, 11) is 0. The fraction of sp³-hybridized carbons (Fsp3) is 0.125. The van der Waals surface area contributed by atoms with Gasteiger partial charge in [-0.2, -0.15) is 9.78 Å². The molecule has 0 aliphatic rings. The maximum absolute atomic E-state index is 13.0. The Hall–Kier alpha value is -2.70. The molecule has 0 aliphatic heterocycles. The summed E-state index contributed by atoms with van der Waals surface area (Å²) in [5, 5.41) is 5.03. The normalized spacial score (nSPS) is 11.4. The van der Waals surface area contributed by atoms with Gasteiger partial charge in [-0.15, -0.1) is 0 Å². The second-order valence-electron chi connectivity index (χ2n) is 6.79. The van der Waals surface area contributed by atoms with Crippen LogP contribution in [-0.2, 0) is 6.42 Å². The van der Waals surface area contributed by atoms with Crippen LogP contribution in [0.2, 0.25) is 0 Å². The Morgan fingerprint density at radius 1 is 1.03 bits per heavy atom. The molecule has 4 nitrogen and oxygen atoms in total. The van der Waals surface area contributed by atoms with Crippen LogP contribution >= 0.6 is 27.7 Å². The summed E-state index contributed by atoms with van der Waals surface area (Å²) >= 11 is 5.14. The van der Waals surface area contributed by atoms with Gasteiger partial charge in [0.2, 0.25) is 0 Å². The Labute approximate surface area is 187 Å². The maximum atomic E-state index is 13.0. The molecule has 3 aromatic carbocycles. The molecule has 0 saturated carbocycles. The van der Waals surface area contributed by atoms with Crippen LogP contribution in [0.15, 0.2) is 97.0 Å². The molecule has 6 heteroatoms. The number of aryl methyl sites for hydroxylation is 1. The van der Waals surface area contributed by atoms with Crippen molar-refractivity contribution in [1.29, 1.82) is 0 Å². The molecule has 0 radical (unpaired) electrons. The van der Waals surface area contributed by atoms with Crippen molar-refractivity contribution in [2.24, 2.45) is 5.10 Å². The second-order valence-corrected chi connectivity index (χ2v) is 8.85. The number of nitrogens with zero attached hydrogens (tertiary/aromatic N) is 3. The number of fused-ring (bicyclic) bond motifs is 1. The van der Waals surface area contributed by atoms with Gasteiger partial charge in [0.15, 0.2) is 0 Å². The molecule has 0 atom stereocenters. The monoisotopic (exact) mass is 477 g/mol. The highest BCUT2D eigenvalue weighted by atomic mass is 79.9. The van der Waals surface area contributed by atoms with E-state index >= 15 is 0 Å². The van der Waals surface area contributed by atoms with E-state index in [1.807, 2.05) is 42.5 Å². The number of benzene rings is 3. The molecule has 30 heavy (non-hydrogen) atoms. The van der Waals surface area contributed by atoms with Crippen molar-refractivity contribution < 1.29 is 0 Å². The zero-order chi connectivity index (χ0) is 20.9. The van der Waals surface area contributed by atoms with E-state index in [-0.39, 0.29) is 5.56 Å². The van der Waals surface area contributed by atoms with Gasteiger partial charge in [-0.3, -0.25) is 4.79 Å². The van der Waals surface area contributed by atoms with Crippen LogP contribution in [0.4, 0.5) is 0 Å². The first kappa shape index (κ1) is 20.6. The number of hydrogen-bond acceptors (Lipinski definition) is 4. The van der Waals surface area contributed by atoms with Gasteiger partial charge in [0.05, 0.1) is 17.1 Å². The SMILES string of the molecule is CCCc1nc2ccc(Br)cc2c(=O)n1N=Cc1ccc(Sc2ccccc2)cc1. The van der Waals surface area contributed by atoms with Crippen molar-refractivity contribution in [3.8, 4) is 0 Å². The number of halogens is 1. The average molecular weight is 478 g/mol. The molecule has 1 heterocycles. The lowest BCUT2D eigenvalue weighted by Gasteiger charge is -2.08. The number of rotatable bonds is 6. The highest BCUT2D eigenvalue weighted by Gasteiger charge is 2.10. The van der Waals surface area contributed by atoms with Crippen LogP contribution < -0.4 is 5.56 Å². The van der Waals surface area contributed by atoms with Crippen molar-refractivity contribution >= 4 is 44.8 Å². The van der Waals surface area contributed by atoms with Crippen molar-refractivity contribution in [3.05, 3.63) is 99.0 Å². The first-order valence-corrected chi connectivity index (χ1v) is 11.3. The number of hydrogen-bond donors (Lipinski definition) is 0. The standard InChI is InChI=1S/C24H20BrN3OS/c1-2-6-23-27-22-14-11-18(25)15-21(22)24(29)28(23)26-16-17-9-12-20(13-10-17)30-19-7-4-3-5-8-19/h3-5,7-16H,2,6H2,1H3. The summed E-state index contributed by atoms with van der Waals surface area (Å²) in [5.74, 6) is 0.671. The highest BCUT2D eigenvalue weighted by Crippen LogP contribution is 2.27. The van der Waals surface area contributed by atoms with E-state index in [0.717, 1.165) is 21.4 Å². The summed E-state index contributed by atoms with van der Waals surface area (Å²) in [6.07, 6.45) is 3.28. The molecule has 0 bridgehead atoms. The van der Waals surface area contributed by atoms with Gasteiger partial charge < -0.3 is 0 Å². The summed E-state index contributed by atoms with van der Waals surface area (Å²) in [6.45, 7) is 2.06. The Morgan fingerprint density at radius 3 is 2.50 bits per heavy atom. The van der Waals surface area contributed by atoms with E-state index in [2.05, 4.69) is 57.2 Å². The second kappa shape index (κ2) is 9.41. The van der Waals surface area contributed by atoms with E-state index in [0.29, 0.717) is 23.1 Å². The average Bonchev–Trinajstić information content (AvgIpc) is 2.76. The molecular weight excluding hydrogens is 458 g/mol. The molecule has 1 aromatic heterocycles. The van der Waals surface area contributed by atoms with Crippen LogP contribution in [0.3, 0.4) is 0 Å². The van der Waals surface area contributed by atoms with Gasteiger partial charge in [0.1, 0.15) is 5.82 Å². The summed E-state index contributed by atoms with van der Waals surface area (Å²) in [5.41, 5.74) is 1.47. The maximum Gasteiger partial charge on any atom is 0.282 e. The Morgan fingerprint density at radius 2 is 1.77 bits per heavy atom. The minimum absolute atomic E-state index is 0.155. The Kier molecular flexibility index (Phi) is 6.45. The van der Waals surface area contributed by atoms with Gasteiger partial charge in [-0.25, -0.2) is 4.98 Å². The lowest BCUT2D eigenvalue weighted by molar-refractivity contribution is 0.704. The third-order valence-corrected chi connectivity index (χ3v) is 6.04. The van der Waals surface area contributed by atoms with E-state index in [1.54, 1.807) is 24.0 Å². The van der Waals surface area contributed by atoms with E-state index in [4.69, 9.17) is 0 Å². The van der Waals surface area contributed by atoms with E-state index in [9.17, 15) is 4.79 Å². The van der Waals surface area contributed by atoms with Crippen LogP contribution in [0.25, 0.3) is 10.9 Å². The van der Waals surface area contributed by atoms with Gasteiger partial charge >= 0.3 is 0 Å². The van der Waals surface area contributed by atoms with Crippen LogP contribution in [0, 0.1) is 0 Å². The molecule has 150 valence electrons. The fourth-order valence-electron chi connectivity index (χ4n) is 3.07. The first-order valence-electron chi connectivity index (χ1n) is 9.72. The summed E-state index contributed by atoms with van der Waals surface area (Å²) < 4.78 is 2.27. The smallest absolute Gasteiger partial charge is 0.267 e. The molecule has 0 aliphatic carbocycles. The quantitative estimate of drug-likeness (QED) is 0.313. The van der Waals surface area contributed by atoms with Crippen molar-refractivity contribution in [2.45, 2.75) is 29.6 Å².